The molecule has 0 unspecified atom stereocenters. The van der Waals surface area contributed by atoms with Crippen LogP contribution in [0.25, 0.3) is 10.9 Å². The number of nitrogens with one attached hydrogen (secondary N) is 1. The second kappa shape index (κ2) is 7.92. The lowest BCUT2D eigenvalue weighted by molar-refractivity contribution is -0.137. The molecule has 0 spiro atoms. The molecule has 9 heteroatoms. The minimum absolute atomic E-state index is 0.192. The molecule has 0 aliphatic carbocycles. The Morgan fingerprint density at radius 1 is 0.935 bits per heavy atom. The summed E-state index contributed by atoms with van der Waals surface area (Å²) in [6.07, 6.45) is -4.45. The van der Waals surface area contributed by atoms with Crippen LogP contribution in [0.3, 0.4) is 0 Å². The number of H-pyrrole nitrogens is 1. The number of piperazine rings is 1. The Labute approximate surface area is 181 Å². The molecule has 0 atom stereocenters. The smallest absolute Gasteiger partial charge is 0.351 e. The molecule has 1 aromatic heterocycles. The van der Waals surface area contributed by atoms with Gasteiger partial charge >= 0.3 is 6.18 Å². The molecule has 1 saturated heterocycles. The van der Waals surface area contributed by atoms with Gasteiger partial charge < -0.3 is 14.8 Å². The minimum atomic E-state index is -4.45. The van der Waals surface area contributed by atoms with Gasteiger partial charge in [-0.2, -0.15) is 13.2 Å². The molecule has 162 valence electrons. The third-order valence-corrected chi connectivity index (χ3v) is 5.70. The SMILES string of the molecule is Cc1ccc(C(=O)N2CCN(C(=O)c3cc4cc(C(F)(F)F)ccc4[nH]3)CC2)c(Cl)c1. The Morgan fingerprint density at radius 3 is 2.19 bits per heavy atom. The van der Waals surface area contributed by atoms with E-state index in [4.69, 9.17) is 11.6 Å². The number of aromatic nitrogens is 1. The average Bonchev–Trinajstić information content (AvgIpc) is 3.16. The van der Waals surface area contributed by atoms with E-state index < -0.39 is 11.7 Å². The monoisotopic (exact) mass is 449 g/mol. The van der Waals surface area contributed by atoms with Crippen LogP contribution in [-0.2, 0) is 6.18 Å². The highest BCUT2D eigenvalue weighted by atomic mass is 35.5. The van der Waals surface area contributed by atoms with Crippen molar-refractivity contribution in [2.45, 2.75) is 13.1 Å². The molecule has 4 rings (SSSR count). The molecule has 1 aliphatic heterocycles. The van der Waals surface area contributed by atoms with Gasteiger partial charge in [0.2, 0.25) is 0 Å². The Kier molecular flexibility index (Phi) is 5.43. The first-order chi connectivity index (χ1) is 14.6. The second-order valence-electron chi connectivity index (χ2n) is 7.55. The Morgan fingerprint density at radius 2 is 1.58 bits per heavy atom. The van der Waals surface area contributed by atoms with E-state index in [0.717, 1.165) is 17.7 Å². The molecule has 0 radical (unpaired) electrons. The molecule has 0 saturated carbocycles. The number of fused-ring (bicyclic) bond motifs is 1. The van der Waals surface area contributed by atoms with Crippen LogP contribution >= 0.6 is 11.6 Å². The zero-order valence-electron chi connectivity index (χ0n) is 16.6. The highest BCUT2D eigenvalue weighted by Crippen LogP contribution is 2.31. The molecular formula is C22H19ClF3N3O2. The van der Waals surface area contributed by atoms with E-state index in [1.54, 1.807) is 21.9 Å². The van der Waals surface area contributed by atoms with Crippen molar-refractivity contribution >= 4 is 34.3 Å². The predicted octanol–water partition coefficient (Wildman–Crippen LogP) is 4.75. The lowest BCUT2D eigenvalue weighted by Gasteiger charge is -2.34. The number of amides is 2. The van der Waals surface area contributed by atoms with Crippen LogP contribution in [0.2, 0.25) is 5.02 Å². The number of hydrogen-bond donors (Lipinski definition) is 1. The van der Waals surface area contributed by atoms with Crippen molar-refractivity contribution in [3.05, 3.63) is 69.9 Å². The van der Waals surface area contributed by atoms with Crippen molar-refractivity contribution in [1.29, 1.82) is 0 Å². The summed E-state index contributed by atoms with van der Waals surface area (Å²) in [7, 11) is 0. The van der Waals surface area contributed by atoms with Crippen LogP contribution in [0, 0.1) is 6.92 Å². The molecule has 2 heterocycles. The first-order valence-electron chi connectivity index (χ1n) is 9.68. The minimum Gasteiger partial charge on any atom is -0.351 e. The van der Waals surface area contributed by atoms with Crippen molar-refractivity contribution in [2.24, 2.45) is 0 Å². The van der Waals surface area contributed by atoms with Gasteiger partial charge in [0, 0.05) is 37.1 Å². The highest BCUT2D eigenvalue weighted by Gasteiger charge is 2.31. The van der Waals surface area contributed by atoms with E-state index in [0.29, 0.717) is 47.7 Å². The summed E-state index contributed by atoms with van der Waals surface area (Å²) in [5.74, 6) is -0.507. The normalized spacial score (nSPS) is 14.9. The Hall–Kier alpha value is -3.00. The maximum atomic E-state index is 12.9. The van der Waals surface area contributed by atoms with Gasteiger partial charge in [-0.05, 0) is 48.9 Å². The molecule has 1 N–H and O–H groups in total. The number of aromatic amines is 1. The molecular weight excluding hydrogens is 431 g/mol. The lowest BCUT2D eigenvalue weighted by Crippen LogP contribution is -2.50. The van der Waals surface area contributed by atoms with Gasteiger partial charge in [0.1, 0.15) is 5.69 Å². The Balaban J connectivity index is 1.45. The second-order valence-corrected chi connectivity index (χ2v) is 7.96. The summed E-state index contributed by atoms with van der Waals surface area (Å²) in [5, 5.41) is 0.709. The van der Waals surface area contributed by atoms with E-state index in [1.165, 1.54) is 12.1 Å². The summed E-state index contributed by atoms with van der Waals surface area (Å²) in [6, 6.07) is 9.98. The lowest BCUT2D eigenvalue weighted by atomic mass is 10.1. The highest BCUT2D eigenvalue weighted by molar-refractivity contribution is 6.33. The van der Waals surface area contributed by atoms with Crippen LogP contribution in [-0.4, -0.2) is 52.8 Å². The quantitative estimate of drug-likeness (QED) is 0.614. The van der Waals surface area contributed by atoms with Crippen molar-refractivity contribution in [3.63, 3.8) is 0 Å². The predicted molar refractivity (Wildman–Crippen MR) is 111 cm³/mol. The van der Waals surface area contributed by atoms with Crippen molar-refractivity contribution in [3.8, 4) is 0 Å². The van der Waals surface area contributed by atoms with Crippen LogP contribution in [0.1, 0.15) is 32.0 Å². The maximum Gasteiger partial charge on any atom is 0.416 e. The van der Waals surface area contributed by atoms with Crippen molar-refractivity contribution in [1.82, 2.24) is 14.8 Å². The van der Waals surface area contributed by atoms with E-state index >= 15 is 0 Å². The van der Waals surface area contributed by atoms with Gasteiger partial charge in [-0.25, -0.2) is 0 Å². The molecule has 2 amide bonds. The average molecular weight is 450 g/mol. The van der Waals surface area contributed by atoms with Crippen molar-refractivity contribution in [2.75, 3.05) is 26.2 Å². The zero-order chi connectivity index (χ0) is 22.3. The fraction of sp³-hybridized carbons (Fsp3) is 0.273. The number of carbonyl (C=O) groups is 2. The number of nitrogens with zero attached hydrogens (tertiary/aromatic N) is 2. The van der Waals surface area contributed by atoms with Gasteiger partial charge in [0.15, 0.2) is 0 Å². The van der Waals surface area contributed by atoms with Gasteiger partial charge in [-0.1, -0.05) is 17.7 Å². The third kappa shape index (κ3) is 4.25. The van der Waals surface area contributed by atoms with E-state index in [-0.39, 0.29) is 17.5 Å². The van der Waals surface area contributed by atoms with Crippen molar-refractivity contribution < 1.29 is 22.8 Å². The number of alkyl halides is 3. The fourth-order valence-corrected chi connectivity index (χ4v) is 3.99. The standard InChI is InChI=1S/C22H19ClF3N3O2/c1-13-2-4-16(17(23)10-13)20(30)28-6-8-29(9-7-28)21(31)19-12-14-11-15(22(24,25)26)3-5-18(14)27-19/h2-5,10-12,27H,6-9H2,1H3. The van der Waals surface area contributed by atoms with E-state index in [1.807, 2.05) is 13.0 Å². The molecule has 5 nitrogen and oxygen atoms in total. The number of aryl methyl sites for hydroxylation is 1. The maximum absolute atomic E-state index is 12.9. The molecule has 1 fully saturated rings. The van der Waals surface area contributed by atoms with Crippen LogP contribution in [0.4, 0.5) is 13.2 Å². The largest absolute Gasteiger partial charge is 0.416 e. The fourth-order valence-electron chi connectivity index (χ4n) is 3.67. The van der Waals surface area contributed by atoms with E-state index in [2.05, 4.69) is 4.98 Å². The first kappa shape index (κ1) is 21.2. The first-order valence-corrected chi connectivity index (χ1v) is 10.1. The van der Waals surface area contributed by atoms with Gasteiger partial charge in [0.25, 0.3) is 11.8 Å². The zero-order valence-corrected chi connectivity index (χ0v) is 17.3. The van der Waals surface area contributed by atoms with Crippen LogP contribution < -0.4 is 0 Å². The summed E-state index contributed by atoms with van der Waals surface area (Å²) in [5.41, 5.74) is 1.29. The molecule has 0 bridgehead atoms. The van der Waals surface area contributed by atoms with Crippen LogP contribution in [0.15, 0.2) is 42.5 Å². The molecule has 2 aromatic carbocycles. The summed E-state index contributed by atoms with van der Waals surface area (Å²) in [4.78, 5) is 31.7. The number of halogens is 4. The number of rotatable bonds is 2. The van der Waals surface area contributed by atoms with Gasteiger partial charge in [0.05, 0.1) is 16.1 Å². The van der Waals surface area contributed by atoms with E-state index in [9.17, 15) is 22.8 Å². The topological polar surface area (TPSA) is 56.4 Å². The molecule has 3 aromatic rings. The molecule has 1 aliphatic rings. The molecule has 31 heavy (non-hydrogen) atoms. The van der Waals surface area contributed by atoms with Crippen LogP contribution in [0.5, 0.6) is 0 Å². The number of hydrogen-bond acceptors (Lipinski definition) is 2. The number of carbonyl (C=O) groups excluding carboxylic acids is 2. The Bertz CT molecular complexity index is 1160. The number of benzene rings is 2. The summed E-state index contributed by atoms with van der Waals surface area (Å²) in [6.45, 7) is 3.20. The summed E-state index contributed by atoms with van der Waals surface area (Å²) >= 11 is 6.19. The summed E-state index contributed by atoms with van der Waals surface area (Å²) < 4.78 is 38.7. The van der Waals surface area contributed by atoms with Gasteiger partial charge in [-0.3, -0.25) is 9.59 Å². The third-order valence-electron chi connectivity index (χ3n) is 5.39. The van der Waals surface area contributed by atoms with Gasteiger partial charge in [-0.15, -0.1) is 0 Å².